The van der Waals surface area contributed by atoms with Crippen molar-refractivity contribution >= 4 is 27.7 Å². The fourth-order valence-electron chi connectivity index (χ4n) is 3.64. The van der Waals surface area contributed by atoms with Gasteiger partial charge in [0.05, 0.1) is 5.25 Å². The molecule has 0 aliphatic carbocycles. The van der Waals surface area contributed by atoms with Crippen molar-refractivity contribution in [3.05, 3.63) is 53.6 Å². The molecule has 0 bridgehead atoms. The minimum atomic E-state index is -3.79. The zero-order valence-electron chi connectivity index (χ0n) is 15.5. The van der Waals surface area contributed by atoms with Crippen molar-refractivity contribution in [2.75, 3.05) is 26.2 Å². The highest BCUT2D eigenvalue weighted by Crippen LogP contribution is 2.38. The number of phenolic OH excluding ortho intramolecular Hbond substituents is 1. The predicted molar refractivity (Wildman–Crippen MR) is 108 cm³/mol. The average molecular weight is 419 g/mol. The smallest absolute Gasteiger partial charge is 0.246 e. The monoisotopic (exact) mass is 418 g/mol. The molecule has 2 aromatic carbocycles. The summed E-state index contributed by atoms with van der Waals surface area (Å²) in [6, 6.07) is 12.6. The summed E-state index contributed by atoms with van der Waals surface area (Å²) in [7, 11) is -3.79. The molecule has 0 spiro atoms. The summed E-state index contributed by atoms with van der Waals surface area (Å²) in [6.07, 6.45) is 0.718. The van der Waals surface area contributed by atoms with E-state index in [9.17, 15) is 18.3 Å². The van der Waals surface area contributed by atoms with E-state index in [1.807, 2.05) is 18.2 Å². The van der Waals surface area contributed by atoms with Gasteiger partial charge in [-0.25, -0.2) is 8.42 Å². The second-order valence-corrected chi connectivity index (χ2v) is 10.3. The zero-order valence-corrected chi connectivity index (χ0v) is 17.2. The summed E-state index contributed by atoms with van der Waals surface area (Å²) < 4.78 is 27.1. The van der Waals surface area contributed by atoms with Crippen molar-refractivity contribution in [2.24, 2.45) is 0 Å². The molecule has 1 unspecified atom stereocenters. The molecule has 2 heterocycles. The second-order valence-electron chi connectivity index (χ2n) is 7.12. The maximum atomic E-state index is 12.9. The van der Waals surface area contributed by atoms with Crippen LogP contribution in [0.1, 0.15) is 11.1 Å². The number of carbonyl (C=O) groups is 1. The van der Waals surface area contributed by atoms with E-state index in [1.165, 1.54) is 22.0 Å². The number of sulfonamides is 1. The first-order valence-electron chi connectivity index (χ1n) is 9.19. The van der Waals surface area contributed by atoms with E-state index in [2.05, 4.69) is 6.07 Å². The molecule has 0 radical (unpaired) electrons. The van der Waals surface area contributed by atoms with Crippen LogP contribution in [0.25, 0.3) is 0 Å². The number of rotatable bonds is 3. The maximum Gasteiger partial charge on any atom is 0.246 e. The number of amides is 1. The van der Waals surface area contributed by atoms with Gasteiger partial charge in [-0.05, 0) is 42.7 Å². The highest BCUT2D eigenvalue weighted by Gasteiger charge is 2.36. The molecule has 8 heteroatoms. The minimum Gasteiger partial charge on any atom is -0.507 e. The minimum absolute atomic E-state index is 0.0663. The van der Waals surface area contributed by atoms with Crippen LogP contribution in [0.5, 0.6) is 5.75 Å². The third kappa shape index (κ3) is 3.52. The molecular weight excluding hydrogens is 396 g/mol. The van der Waals surface area contributed by atoms with Crippen molar-refractivity contribution in [1.82, 2.24) is 9.21 Å². The lowest BCUT2D eigenvalue weighted by molar-refractivity contribution is -0.131. The number of aryl methyl sites for hydroxylation is 1. The predicted octanol–water partition coefficient (Wildman–Crippen LogP) is 2.25. The van der Waals surface area contributed by atoms with Crippen LogP contribution in [-0.4, -0.2) is 60.1 Å². The van der Waals surface area contributed by atoms with Gasteiger partial charge in [-0.2, -0.15) is 4.31 Å². The number of fused-ring (bicyclic) bond motifs is 1. The van der Waals surface area contributed by atoms with E-state index in [4.69, 9.17) is 0 Å². The quantitative estimate of drug-likeness (QED) is 0.827. The van der Waals surface area contributed by atoms with Gasteiger partial charge in [0, 0.05) is 31.1 Å². The van der Waals surface area contributed by atoms with Crippen LogP contribution >= 0.6 is 11.8 Å². The molecule has 0 aromatic heterocycles. The number of carbonyl (C=O) groups excluding carboxylic acids is 1. The largest absolute Gasteiger partial charge is 0.507 e. The molecule has 148 valence electrons. The number of hydrogen-bond acceptors (Lipinski definition) is 5. The molecule has 2 aliphatic heterocycles. The second kappa shape index (κ2) is 7.42. The lowest BCUT2D eigenvalue weighted by Gasteiger charge is -2.35. The summed E-state index contributed by atoms with van der Waals surface area (Å²) in [6.45, 7) is 2.96. The molecule has 28 heavy (non-hydrogen) atoms. The zero-order chi connectivity index (χ0) is 19.9. The highest BCUT2D eigenvalue weighted by atomic mass is 32.2. The van der Waals surface area contributed by atoms with E-state index in [0.717, 1.165) is 16.9 Å². The Balaban J connectivity index is 1.42. The van der Waals surface area contributed by atoms with Crippen LogP contribution in [-0.2, 0) is 21.2 Å². The van der Waals surface area contributed by atoms with Gasteiger partial charge in [-0.3, -0.25) is 4.79 Å². The maximum absolute atomic E-state index is 12.9. The van der Waals surface area contributed by atoms with Crippen molar-refractivity contribution in [3.8, 4) is 5.75 Å². The number of thioether (sulfide) groups is 1. The molecule has 1 saturated heterocycles. The molecule has 1 fully saturated rings. The summed E-state index contributed by atoms with van der Waals surface area (Å²) in [5.74, 6) is -0.180. The Morgan fingerprint density at radius 2 is 1.82 bits per heavy atom. The van der Waals surface area contributed by atoms with Crippen molar-refractivity contribution in [2.45, 2.75) is 28.4 Å². The van der Waals surface area contributed by atoms with Crippen LogP contribution in [0.3, 0.4) is 0 Å². The first-order chi connectivity index (χ1) is 13.4. The number of aromatic hydroxyl groups is 1. The van der Waals surface area contributed by atoms with Crippen LogP contribution in [0.15, 0.2) is 52.3 Å². The first kappa shape index (κ1) is 19.3. The number of phenols is 1. The molecular formula is C20H22N2O4S2. The Bertz CT molecular complexity index is 990. The summed E-state index contributed by atoms with van der Waals surface area (Å²) >= 11 is 1.59. The van der Waals surface area contributed by atoms with Gasteiger partial charge in [-0.15, -0.1) is 11.8 Å². The number of nitrogens with zero attached hydrogens (tertiary/aromatic N) is 2. The Hall–Kier alpha value is -2.03. The van der Waals surface area contributed by atoms with Crippen molar-refractivity contribution < 1.29 is 18.3 Å². The lowest BCUT2D eigenvalue weighted by Crippen LogP contribution is -2.52. The number of hydrogen-bond donors (Lipinski definition) is 1. The fraction of sp³-hybridized carbons (Fsp3) is 0.350. The van der Waals surface area contributed by atoms with E-state index < -0.39 is 10.0 Å². The van der Waals surface area contributed by atoms with Gasteiger partial charge in [0.15, 0.2) is 0 Å². The average Bonchev–Trinajstić information content (AvgIpc) is 3.13. The lowest BCUT2D eigenvalue weighted by atomic mass is 10.1. The van der Waals surface area contributed by atoms with Crippen LogP contribution < -0.4 is 0 Å². The van der Waals surface area contributed by atoms with Gasteiger partial charge >= 0.3 is 0 Å². The van der Waals surface area contributed by atoms with Crippen molar-refractivity contribution in [1.29, 1.82) is 0 Å². The molecule has 1 N–H and O–H groups in total. The Kier molecular flexibility index (Phi) is 5.11. The highest BCUT2D eigenvalue weighted by molar-refractivity contribution is 8.01. The summed E-state index contributed by atoms with van der Waals surface area (Å²) in [4.78, 5) is 15.7. The summed E-state index contributed by atoms with van der Waals surface area (Å²) in [5, 5.41) is 9.86. The van der Waals surface area contributed by atoms with E-state index in [0.29, 0.717) is 13.1 Å². The van der Waals surface area contributed by atoms with E-state index >= 15 is 0 Å². The number of benzene rings is 2. The van der Waals surface area contributed by atoms with Gasteiger partial charge < -0.3 is 10.0 Å². The van der Waals surface area contributed by atoms with Crippen molar-refractivity contribution in [3.63, 3.8) is 0 Å². The number of piperazine rings is 1. The Morgan fingerprint density at radius 3 is 2.54 bits per heavy atom. The molecule has 1 amide bonds. The molecule has 0 saturated carbocycles. The van der Waals surface area contributed by atoms with Crippen LogP contribution in [0.4, 0.5) is 0 Å². The molecule has 6 nitrogen and oxygen atoms in total. The van der Waals surface area contributed by atoms with E-state index in [1.54, 1.807) is 29.7 Å². The third-order valence-electron chi connectivity index (χ3n) is 5.21. The Morgan fingerprint density at radius 1 is 1.11 bits per heavy atom. The topological polar surface area (TPSA) is 77.9 Å². The first-order valence-corrected chi connectivity index (χ1v) is 11.5. The molecule has 1 atom stereocenters. The molecule has 2 aromatic rings. The van der Waals surface area contributed by atoms with Gasteiger partial charge in [0.25, 0.3) is 0 Å². The summed E-state index contributed by atoms with van der Waals surface area (Å²) in [5.41, 5.74) is 1.96. The Labute approximate surface area is 169 Å². The standard InChI is InChI=1S/C20H22N2O4S2/c1-14-6-7-16(23)19(12-14)28(25,26)22-10-8-21(9-11-22)20(24)18-13-15-4-2-3-5-17(15)27-18/h2-7,12,18,23H,8-11,13H2,1H3. The third-order valence-corrected chi connectivity index (χ3v) is 8.44. The SMILES string of the molecule is Cc1ccc(O)c(S(=O)(=O)N2CCN(C(=O)C3Cc4ccccc4S3)CC2)c1. The van der Waals surface area contributed by atoms with Gasteiger partial charge in [0.2, 0.25) is 15.9 Å². The van der Waals surface area contributed by atoms with Crippen LogP contribution in [0.2, 0.25) is 0 Å². The van der Waals surface area contributed by atoms with E-state index in [-0.39, 0.29) is 34.9 Å². The van der Waals surface area contributed by atoms with Gasteiger partial charge in [0.1, 0.15) is 10.6 Å². The fourth-order valence-corrected chi connectivity index (χ4v) is 6.51. The van der Waals surface area contributed by atoms with Crippen LogP contribution in [0, 0.1) is 6.92 Å². The normalized spacial score (nSPS) is 20.2. The molecule has 2 aliphatic rings. The van der Waals surface area contributed by atoms with Gasteiger partial charge in [-0.1, -0.05) is 24.3 Å². The molecule has 4 rings (SSSR count).